The van der Waals surface area contributed by atoms with Crippen LogP contribution in [0.25, 0.3) is 0 Å². The van der Waals surface area contributed by atoms with Crippen LogP contribution in [0.3, 0.4) is 0 Å². The first-order valence-electron chi connectivity index (χ1n) is 12.0. The summed E-state index contributed by atoms with van der Waals surface area (Å²) in [5.41, 5.74) is 1.49. The van der Waals surface area contributed by atoms with Crippen LogP contribution in [-0.2, 0) is 14.6 Å². The molecule has 10 atom stereocenters. The molecule has 2 saturated carbocycles. The van der Waals surface area contributed by atoms with Gasteiger partial charge in [0.05, 0.1) is 6.10 Å². The molecule has 2 fully saturated rings. The number of hydrogen-bond donors (Lipinski definition) is 2. The van der Waals surface area contributed by atoms with E-state index < -0.39 is 12.1 Å². The highest BCUT2D eigenvalue weighted by molar-refractivity contribution is 5.88. The maximum atomic E-state index is 11.7. The lowest BCUT2D eigenvalue weighted by Crippen LogP contribution is -2.50. The van der Waals surface area contributed by atoms with Crippen LogP contribution in [0.2, 0.25) is 0 Å². The summed E-state index contributed by atoms with van der Waals surface area (Å²) in [6, 6.07) is 10.1. The second-order valence-electron chi connectivity index (χ2n) is 10.2. The normalized spacial score (nSPS) is 43.3. The molecule has 1 aliphatic heterocycles. The number of benzene rings is 1. The summed E-state index contributed by atoms with van der Waals surface area (Å²) >= 11 is 0. The Bertz CT molecular complexity index is 966. The molecule has 0 saturated heterocycles. The highest BCUT2D eigenvalue weighted by atomic mass is 17.2. The molecule has 0 bridgehead atoms. The van der Waals surface area contributed by atoms with Gasteiger partial charge in [0.1, 0.15) is 12.2 Å². The molecule has 0 aromatic heterocycles. The number of hydrogen-bond acceptors (Lipinski definition) is 4. The fourth-order valence-corrected chi connectivity index (χ4v) is 7.43. The minimum atomic E-state index is -0.882. The molecule has 168 valence electrons. The Hall–Kier alpha value is -2.21. The molecular formula is C27H30O5. The Kier molecular flexibility index (Phi) is 5.09. The van der Waals surface area contributed by atoms with Crippen molar-refractivity contribution in [3.05, 3.63) is 71.8 Å². The molecule has 0 radical (unpaired) electrons. The number of carboxylic acids is 1. The smallest absolute Gasteiger partial charge is 0.331 e. The van der Waals surface area contributed by atoms with Crippen molar-refractivity contribution in [2.75, 3.05) is 0 Å². The molecule has 1 heterocycles. The Labute approximate surface area is 188 Å². The lowest BCUT2D eigenvalue weighted by Gasteiger charge is -2.54. The van der Waals surface area contributed by atoms with E-state index in [1.54, 1.807) is 6.08 Å². The molecule has 5 aliphatic rings. The molecule has 0 amide bonds. The molecule has 0 spiro atoms. The zero-order chi connectivity index (χ0) is 21.8. The van der Waals surface area contributed by atoms with Gasteiger partial charge in [-0.3, -0.25) is 0 Å². The third kappa shape index (κ3) is 3.21. The van der Waals surface area contributed by atoms with E-state index in [9.17, 15) is 15.0 Å². The average molecular weight is 435 g/mol. The first-order valence-corrected chi connectivity index (χ1v) is 12.0. The van der Waals surface area contributed by atoms with Crippen molar-refractivity contribution in [1.29, 1.82) is 0 Å². The third-order valence-corrected chi connectivity index (χ3v) is 8.75. The monoisotopic (exact) mass is 434 g/mol. The van der Waals surface area contributed by atoms with Gasteiger partial charge in [0.15, 0.2) is 0 Å². The largest absolute Gasteiger partial charge is 0.478 e. The summed E-state index contributed by atoms with van der Waals surface area (Å²) in [7, 11) is 0. The first-order chi connectivity index (χ1) is 15.6. The number of carboxylic acid groups (broad SMARTS) is 1. The molecule has 32 heavy (non-hydrogen) atoms. The minimum absolute atomic E-state index is 0.00702. The van der Waals surface area contributed by atoms with Gasteiger partial charge in [-0.05, 0) is 72.5 Å². The Morgan fingerprint density at radius 2 is 1.81 bits per heavy atom. The van der Waals surface area contributed by atoms with Gasteiger partial charge in [-0.15, -0.1) is 0 Å². The number of aliphatic carboxylic acids is 1. The van der Waals surface area contributed by atoms with Crippen molar-refractivity contribution in [3.8, 4) is 0 Å². The van der Waals surface area contributed by atoms with Crippen LogP contribution in [-0.4, -0.2) is 28.4 Å². The molecule has 0 unspecified atom stereocenters. The fraction of sp³-hybridized carbons (Fsp3) is 0.519. The highest BCUT2D eigenvalue weighted by Gasteiger charge is 2.63. The van der Waals surface area contributed by atoms with Gasteiger partial charge in [0.25, 0.3) is 0 Å². The van der Waals surface area contributed by atoms with Gasteiger partial charge >= 0.3 is 5.97 Å². The van der Waals surface area contributed by atoms with Gasteiger partial charge in [-0.25, -0.2) is 14.6 Å². The number of aliphatic hydroxyl groups is 1. The second kappa shape index (κ2) is 7.98. The molecular weight excluding hydrogens is 404 g/mol. The van der Waals surface area contributed by atoms with Crippen LogP contribution in [0.1, 0.15) is 37.4 Å². The molecule has 5 nitrogen and oxygen atoms in total. The van der Waals surface area contributed by atoms with Gasteiger partial charge < -0.3 is 10.2 Å². The van der Waals surface area contributed by atoms with Crippen molar-refractivity contribution >= 4 is 5.97 Å². The number of allylic oxidation sites excluding steroid dienone is 2. The summed E-state index contributed by atoms with van der Waals surface area (Å²) in [5.74, 6) is 1.92. The number of aliphatic hydroxyl groups excluding tert-OH is 1. The van der Waals surface area contributed by atoms with Crippen molar-refractivity contribution in [2.45, 2.75) is 44.0 Å². The Morgan fingerprint density at radius 1 is 0.969 bits per heavy atom. The van der Waals surface area contributed by atoms with Crippen LogP contribution in [0.5, 0.6) is 0 Å². The van der Waals surface area contributed by atoms with Crippen LogP contribution in [0, 0.1) is 41.4 Å². The van der Waals surface area contributed by atoms with Crippen LogP contribution >= 0.6 is 0 Å². The topological polar surface area (TPSA) is 76.0 Å². The molecule has 1 aromatic carbocycles. The van der Waals surface area contributed by atoms with E-state index >= 15 is 0 Å². The predicted octanol–water partition coefficient (Wildman–Crippen LogP) is 4.47. The number of rotatable bonds is 6. The first kappa shape index (κ1) is 20.4. The van der Waals surface area contributed by atoms with Gasteiger partial charge in [0.2, 0.25) is 0 Å². The summed E-state index contributed by atoms with van der Waals surface area (Å²) < 4.78 is 0. The average Bonchev–Trinajstić information content (AvgIpc) is 3.18. The van der Waals surface area contributed by atoms with E-state index in [0.29, 0.717) is 35.2 Å². The van der Waals surface area contributed by atoms with Crippen molar-refractivity contribution in [3.63, 3.8) is 0 Å². The summed E-state index contributed by atoms with van der Waals surface area (Å²) in [6.07, 6.45) is 13.6. The lowest BCUT2D eigenvalue weighted by atomic mass is 9.50. The molecule has 2 N–H and O–H groups in total. The van der Waals surface area contributed by atoms with Crippen molar-refractivity contribution < 1.29 is 24.8 Å². The fourth-order valence-electron chi connectivity index (χ4n) is 7.43. The standard InChI is InChI=1S/C27H30O5/c28-23-14-21(27(29)30)19-11-10-18-17(20-13-22(23)26(19)25(18)20)8-4-7-16-9-12-24(32-31-16)15-5-2-1-3-6-15/h1-3,5-6,9-12,14,16-20,22-26,28H,4,7-8,13H2,(H,29,30)/t16-,17-,18-,19+,20+,22+,23-,24+,25-,26+/m1/s1. The maximum Gasteiger partial charge on any atom is 0.331 e. The Balaban J connectivity index is 1.06. The predicted molar refractivity (Wildman–Crippen MR) is 118 cm³/mol. The quantitative estimate of drug-likeness (QED) is 0.510. The van der Waals surface area contributed by atoms with E-state index in [-0.39, 0.29) is 24.0 Å². The van der Waals surface area contributed by atoms with Gasteiger partial charge in [0, 0.05) is 11.5 Å². The zero-order valence-corrected chi connectivity index (χ0v) is 18.0. The summed E-state index contributed by atoms with van der Waals surface area (Å²) in [4.78, 5) is 23.0. The number of carbonyl (C=O) groups is 1. The summed E-state index contributed by atoms with van der Waals surface area (Å²) in [5, 5.41) is 20.2. The van der Waals surface area contributed by atoms with E-state index in [0.717, 1.165) is 31.2 Å². The van der Waals surface area contributed by atoms with Crippen LogP contribution in [0.15, 0.2) is 66.3 Å². The zero-order valence-electron chi connectivity index (χ0n) is 18.0. The van der Waals surface area contributed by atoms with E-state index in [1.807, 2.05) is 30.3 Å². The SMILES string of the molecule is O=C(O)C1=C[C@@H](O)[C@@H]2C[C@H]3[C@H](CCC[C@@H]4C=C[C@@H](c5ccccc5)OO4)[C@H]4C=C[C@@H]1[C@@H]2[C@H]43. The maximum absolute atomic E-state index is 11.7. The molecule has 5 heteroatoms. The third-order valence-electron chi connectivity index (χ3n) is 8.75. The van der Waals surface area contributed by atoms with Crippen molar-refractivity contribution in [1.82, 2.24) is 0 Å². The van der Waals surface area contributed by atoms with Crippen LogP contribution in [0.4, 0.5) is 0 Å². The van der Waals surface area contributed by atoms with Gasteiger partial charge in [-0.1, -0.05) is 55.0 Å². The minimum Gasteiger partial charge on any atom is -0.478 e. The molecule has 6 rings (SSSR count). The Morgan fingerprint density at radius 3 is 2.56 bits per heavy atom. The van der Waals surface area contributed by atoms with Crippen molar-refractivity contribution in [2.24, 2.45) is 41.4 Å². The van der Waals surface area contributed by atoms with Crippen LogP contribution < -0.4 is 0 Å². The second-order valence-corrected chi connectivity index (χ2v) is 10.2. The molecule has 1 aromatic rings. The van der Waals surface area contributed by atoms with Gasteiger partial charge in [-0.2, -0.15) is 0 Å². The van der Waals surface area contributed by atoms with E-state index in [1.165, 1.54) is 0 Å². The van der Waals surface area contributed by atoms with E-state index in [4.69, 9.17) is 9.78 Å². The lowest BCUT2D eigenvalue weighted by molar-refractivity contribution is -0.343. The molecule has 4 aliphatic carbocycles. The summed E-state index contributed by atoms with van der Waals surface area (Å²) in [6.45, 7) is 0. The highest BCUT2D eigenvalue weighted by Crippen LogP contribution is 2.67. The van der Waals surface area contributed by atoms with E-state index in [2.05, 4.69) is 24.3 Å².